The molecule has 0 bridgehead atoms. The van der Waals surface area contributed by atoms with Crippen LogP contribution in [0.15, 0.2) is 18.2 Å². The summed E-state index contributed by atoms with van der Waals surface area (Å²) in [6, 6.07) is 4.19. The summed E-state index contributed by atoms with van der Waals surface area (Å²) in [7, 11) is 0. The number of halogens is 2. The van der Waals surface area contributed by atoms with E-state index in [-0.39, 0.29) is 5.82 Å². The molecule has 0 heterocycles. The van der Waals surface area contributed by atoms with Gasteiger partial charge in [0.1, 0.15) is 5.82 Å². The molecule has 1 unspecified atom stereocenters. The topological polar surface area (TPSA) is 32.3 Å². The Bertz CT molecular complexity index is 393. The number of aliphatic hydroxyl groups is 1. The van der Waals surface area contributed by atoms with E-state index in [4.69, 9.17) is 11.6 Å². The van der Waals surface area contributed by atoms with Crippen LogP contribution in [0.2, 0.25) is 5.02 Å². The van der Waals surface area contributed by atoms with E-state index in [1.165, 1.54) is 43.9 Å². The second kappa shape index (κ2) is 6.39. The molecule has 2 nitrogen and oxygen atoms in total. The third-order valence-corrected chi connectivity index (χ3v) is 3.87. The first-order valence-electron chi connectivity index (χ1n) is 6.52. The van der Waals surface area contributed by atoms with E-state index < -0.39 is 6.10 Å². The zero-order chi connectivity index (χ0) is 13.0. The minimum atomic E-state index is -0.396. The molecule has 0 radical (unpaired) electrons. The van der Waals surface area contributed by atoms with Crippen molar-refractivity contribution in [2.75, 3.05) is 11.9 Å². The number of nitrogens with one attached hydrogen (secondary N) is 1. The molecule has 18 heavy (non-hydrogen) atoms. The summed E-state index contributed by atoms with van der Waals surface area (Å²) in [5.74, 6) is 0.317. The number of rotatable bonds is 5. The molecule has 0 amide bonds. The first-order chi connectivity index (χ1) is 8.65. The fraction of sp³-hybridized carbons (Fsp3) is 0.571. The number of benzene rings is 1. The van der Waals surface area contributed by atoms with Crippen LogP contribution in [0.4, 0.5) is 10.1 Å². The highest BCUT2D eigenvalue weighted by molar-refractivity contribution is 6.33. The largest absolute Gasteiger partial charge is 0.391 e. The fourth-order valence-electron chi connectivity index (χ4n) is 2.57. The summed E-state index contributed by atoms with van der Waals surface area (Å²) in [4.78, 5) is 0. The normalized spacial score (nSPS) is 17.9. The molecule has 1 aliphatic carbocycles. The van der Waals surface area contributed by atoms with Crippen molar-refractivity contribution < 1.29 is 9.50 Å². The number of aliphatic hydroxyl groups excluding tert-OH is 1. The molecule has 100 valence electrons. The van der Waals surface area contributed by atoms with Crippen molar-refractivity contribution in [2.45, 2.75) is 38.2 Å². The van der Waals surface area contributed by atoms with Crippen LogP contribution in [0, 0.1) is 11.7 Å². The molecule has 2 rings (SSSR count). The summed E-state index contributed by atoms with van der Waals surface area (Å²) < 4.78 is 13.0. The van der Waals surface area contributed by atoms with Crippen LogP contribution in [0.25, 0.3) is 0 Å². The van der Waals surface area contributed by atoms with Gasteiger partial charge in [0.05, 0.1) is 16.8 Å². The van der Waals surface area contributed by atoms with Gasteiger partial charge in [-0.15, -0.1) is 0 Å². The monoisotopic (exact) mass is 271 g/mol. The summed E-state index contributed by atoms with van der Waals surface area (Å²) in [6.07, 6.45) is 5.42. The van der Waals surface area contributed by atoms with Crippen LogP contribution in [-0.4, -0.2) is 17.8 Å². The van der Waals surface area contributed by atoms with Crippen LogP contribution in [-0.2, 0) is 0 Å². The third-order valence-electron chi connectivity index (χ3n) is 3.54. The standard InChI is InChI=1S/C14H19ClFNO/c15-13-6-5-11(16)8-14(13)17-9-12(18)7-10-3-1-2-4-10/h5-6,8,10,12,17-18H,1-4,7,9H2. The van der Waals surface area contributed by atoms with Gasteiger partial charge in [-0.2, -0.15) is 0 Å². The van der Waals surface area contributed by atoms with Gasteiger partial charge in [0.25, 0.3) is 0 Å². The van der Waals surface area contributed by atoms with Crippen LogP contribution in [0.3, 0.4) is 0 Å². The molecule has 0 saturated heterocycles. The predicted molar refractivity (Wildman–Crippen MR) is 72.5 cm³/mol. The van der Waals surface area contributed by atoms with Gasteiger partial charge < -0.3 is 10.4 Å². The molecule has 2 N–H and O–H groups in total. The maximum absolute atomic E-state index is 13.0. The van der Waals surface area contributed by atoms with E-state index in [1.807, 2.05) is 0 Å². The molecular weight excluding hydrogens is 253 g/mol. The van der Waals surface area contributed by atoms with Crippen LogP contribution >= 0.6 is 11.6 Å². The second-order valence-corrected chi connectivity index (χ2v) is 5.45. The van der Waals surface area contributed by atoms with E-state index in [9.17, 15) is 9.50 Å². The maximum atomic E-state index is 13.0. The van der Waals surface area contributed by atoms with Crippen LogP contribution < -0.4 is 5.32 Å². The Morgan fingerprint density at radius 3 is 2.83 bits per heavy atom. The quantitative estimate of drug-likeness (QED) is 0.853. The molecule has 4 heteroatoms. The molecule has 1 aromatic carbocycles. The Kier molecular flexibility index (Phi) is 4.84. The van der Waals surface area contributed by atoms with Crippen LogP contribution in [0.5, 0.6) is 0 Å². The summed E-state index contributed by atoms with van der Waals surface area (Å²) in [6.45, 7) is 0.416. The first-order valence-corrected chi connectivity index (χ1v) is 6.90. The zero-order valence-corrected chi connectivity index (χ0v) is 11.1. The lowest BCUT2D eigenvalue weighted by Gasteiger charge is -2.17. The van der Waals surface area contributed by atoms with E-state index >= 15 is 0 Å². The molecular formula is C14H19ClFNO. The molecule has 0 spiro atoms. The fourth-order valence-corrected chi connectivity index (χ4v) is 2.76. The van der Waals surface area contributed by atoms with Gasteiger partial charge in [-0.1, -0.05) is 37.3 Å². The minimum absolute atomic E-state index is 0.327. The van der Waals surface area contributed by atoms with Crippen molar-refractivity contribution in [3.05, 3.63) is 29.0 Å². The summed E-state index contributed by atoms with van der Waals surface area (Å²) in [5, 5.41) is 13.4. The number of hydrogen-bond donors (Lipinski definition) is 2. The van der Waals surface area contributed by atoms with Crippen molar-refractivity contribution in [2.24, 2.45) is 5.92 Å². The van der Waals surface area contributed by atoms with Gasteiger partial charge in [0.15, 0.2) is 0 Å². The highest BCUT2D eigenvalue weighted by Gasteiger charge is 2.18. The molecule has 1 atom stereocenters. The zero-order valence-electron chi connectivity index (χ0n) is 10.3. The SMILES string of the molecule is OC(CNc1cc(F)ccc1Cl)CC1CCCC1. The summed E-state index contributed by atoms with van der Waals surface area (Å²) in [5.41, 5.74) is 0.544. The van der Waals surface area contributed by atoms with Crippen molar-refractivity contribution >= 4 is 17.3 Å². The first kappa shape index (κ1) is 13.6. The molecule has 0 aromatic heterocycles. The van der Waals surface area contributed by atoms with Crippen LogP contribution in [0.1, 0.15) is 32.1 Å². The Morgan fingerprint density at radius 1 is 1.39 bits per heavy atom. The molecule has 1 saturated carbocycles. The van der Waals surface area contributed by atoms with Crippen molar-refractivity contribution in [1.82, 2.24) is 0 Å². The van der Waals surface area contributed by atoms with Gasteiger partial charge in [-0.25, -0.2) is 4.39 Å². The summed E-state index contributed by atoms with van der Waals surface area (Å²) >= 11 is 5.94. The Morgan fingerprint density at radius 2 is 2.11 bits per heavy atom. The third kappa shape index (κ3) is 3.85. The molecule has 1 aromatic rings. The lowest BCUT2D eigenvalue weighted by Crippen LogP contribution is -2.22. The minimum Gasteiger partial charge on any atom is -0.391 e. The van der Waals surface area contributed by atoms with Gasteiger partial charge >= 0.3 is 0 Å². The van der Waals surface area contributed by atoms with E-state index in [0.29, 0.717) is 23.2 Å². The van der Waals surface area contributed by atoms with E-state index in [0.717, 1.165) is 6.42 Å². The average Bonchev–Trinajstić information content (AvgIpc) is 2.83. The Hall–Kier alpha value is -0.800. The maximum Gasteiger partial charge on any atom is 0.125 e. The van der Waals surface area contributed by atoms with Crippen molar-refractivity contribution in [1.29, 1.82) is 0 Å². The molecule has 0 aliphatic heterocycles. The second-order valence-electron chi connectivity index (χ2n) is 5.05. The van der Waals surface area contributed by atoms with Gasteiger partial charge in [0.2, 0.25) is 0 Å². The Labute approximate surface area is 112 Å². The molecule has 1 fully saturated rings. The van der Waals surface area contributed by atoms with Gasteiger partial charge in [0, 0.05) is 6.54 Å². The van der Waals surface area contributed by atoms with Crippen molar-refractivity contribution in [3.63, 3.8) is 0 Å². The Balaban J connectivity index is 1.81. The van der Waals surface area contributed by atoms with Crippen molar-refractivity contribution in [3.8, 4) is 0 Å². The average molecular weight is 272 g/mol. The van der Waals surface area contributed by atoms with E-state index in [1.54, 1.807) is 0 Å². The lowest BCUT2D eigenvalue weighted by molar-refractivity contribution is 0.155. The predicted octanol–water partition coefficient (Wildman–Crippen LogP) is 3.83. The number of anilines is 1. The van der Waals surface area contributed by atoms with Gasteiger partial charge in [-0.3, -0.25) is 0 Å². The lowest BCUT2D eigenvalue weighted by atomic mass is 10.00. The van der Waals surface area contributed by atoms with E-state index in [2.05, 4.69) is 5.32 Å². The smallest absolute Gasteiger partial charge is 0.125 e. The van der Waals surface area contributed by atoms with Gasteiger partial charge in [-0.05, 0) is 30.5 Å². The molecule has 1 aliphatic rings. The highest BCUT2D eigenvalue weighted by Crippen LogP contribution is 2.29. The number of hydrogen-bond acceptors (Lipinski definition) is 2. The highest BCUT2D eigenvalue weighted by atomic mass is 35.5.